The maximum Gasteiger partial charge on any atom is 0.306 e. The molecule has 2 rings (SSSR count). The molecular formula is C16H23NO2. The first-order chi connectivity index (χ1) is 9.10. The molecule has 3 heteroatoms. The van der Waals surface area contributed by atoms with Gasteiger partial charge < -0.3 is 4.74 Å². The molecule has 0 bridgehead atoms. The van der Waals surface area contributed by atoms with E-state index in [-0.39, 0.29) is 12.0 Å². The SMILES string of the molecule is CCCC(=O)O[C@@]1(c2ccccc2)CCN(C)[C@@H]1C. The highest BCUT2D eigenvalue weighted by Crippen LogP contribution is 2.40. The topological polar surface area (TPSA) is 29.5 Å². The molecule has 0 aliphatic carbocycles. The van der Waals surface area contributed by atoms with E-state index in [1.54, 1.807) is 0 Å². The maximum atomic E-state index is 12.0. The zero-order valence-electron chi connectivity index (χ0n) is 12.1. The molecule has 1 aliphatic rings. The zero-order valence-corrected chi connectivity index (χ0v) is 12.1. The highest BCUT2D eigenvalue weighted by atomic mass is 16.6. The van der Waals surface area contributed by atoms with Crippen LogP contribution in [0, 0.1) is 0 Å². The minimum Gasteiger partial charge on any atom is -0.452 e. The van der Waals surface area contributed by atoms with Crippen LogP contribution < -0.4 is 0 Å². The third-order valence-electron chi connectivity index (χ3n) is 4.18. The number of benzene rings is 1. The summed E-state index contributed by atoms with van der Waals surface area (Å²) in [4.78, 5) is 14.2. The van der Waals surface area contributed by atoms with Crippen LogP contribution in [0.1, 0.15) is 38.7 Å². The average Bonchev–Trinajstić information content (AvgIpc) is 2.70. The number of rotatable bonds is 4. The summed E-state index contributed by atoms with van der Waals surface area (Å²) < 4.78 is 5.93. The molecule has 0 amide bonds. The van der Waals surface area contributed by atoms with Crippen LogP contribution in [0.25, 0.3) is 0 Å². The molecule has 1 aromatic rings. The van der Waals surface area contributed by atoms with Crippen LogP contribution in [0.2, 0.25) is 0 Å². The average molecular weight is 261 g/mol. The predicted octanol–water partition coefficient (Wildman–Crippen LogP) is 2.95. The van der Waals surface area contributed by atoms with Crippen LogP contribution in [0.5, 0.6) is 0 Å². The number of ether oxygens (including phenoxy) is 1. The van der Waals surface area contributed by atoms with Crippen LogP contribution in [0.15, 0.2) is 30.3 Å². The predicted molar refractivity (Wildman–Crippen MR) is 75.8 cm³/mol. The van der Waals surface area contributed by atoms with E-state index >= 15 is 0 Å². The van der Waals surface area contributed by atoms with Gasteiger partial charge in [-0.1, -0.05) is 37.3 Å². The first kappa shape index (κ1) is 14.1. The van der Waals surface area contributed by atoms with Gasteiger partial charge in [0.05, 0.1) is 6.04 Å². The fourth-order valence-corrected chi connectivity index (χ4v) is 2.86. The number of hydrogen-bond acceptors (Lipinski definition) is 3. The quantitative estimate of drug-likeness (QED) is 0.780. The molecule has 1 aromatic carbocycles. The third-order valence-corrected chi connectivity index (χ3v) is 4.18. The fraction of sp³-hybridized carbons (Fsp3) is 0.562. The summed E-state index contributed by atoms with van der Waals surface area (Å²) in [5.41, 5.74) is 0.624. The molecule has 1 heterocycles. The molecule has 19 heavy (non-hydrogen) atoms. The van der Waals surface area contributed by atoms with E-state index in [0.29, 0.717) is 6.42 Å². The molecule has 1 aliphatic heterocycles. The van der Waals surface area contributed by atoms with E-state index in [1.807, 2.05) is 25.1 Å². The minimum absolute atomic E-state index is 0.0893. The molecule has 104 valence electrons. The molecule has 1 saturated heterocycles. The molecule has 0 N–H and O–H groups in total. The van der Waals surface area contributed by atoms with E-state index in [9.17, 15) is 4.79 Å². The number of likely N-dealkylation sites (tertiary alicyclic amines) is 1. The summed E-state index contributed by atoms with van der Waals surface area (Å²) >= 11 is 0. The lowest BCUT2D eigenvalue weighted by Crippen LogP contribution is -2.42. The van der Waals surface area contributed by atoms with Gasteiger partial charge in [-0.15, -0.1) is 0 Å². The molecule has 3 nitrogen and oxygen atoms in total. The summed E-state index contributed by atoms with van der Waals surface area (Å²) in [7, 11) is 2.09. The molecule has 0 radical (unpaired) electrons. The van der Waals surface area contributed by atoms with Crippen molar-refractivity contribution in [1.29, 1.82) is 0 Å². The van der Waals surface area contributed by atoms with E-state index in [0.717, 1.165) is 24.9 Å². The Morgan fingerprint density at radius 3 is 2.63 bits per heavy atom. The van der Waals surface area contributed by atoms with Crippen molar-refractivity contribution in [2.45, 2.75) is 44.8 Å². The largest absolute Gasteiger partial charge is 0.452 e. The van der Waals surface area contributed by atoms with Crippen molar-refractivity contribution in [1.82, 2.24) is 4.90 Å². The van der Waals surface area contributed by atoms with E-state index in [1.165, 1.54) is 0 Å². The number of esters is 1. The second-order valence-corrected chi connectivity index (χ2v) is 5.39. The van der Waals surface area contributed by atoms with Crippen molar-refractivity contribution in [3.8, 4) is 0 Å². The van der Waals surface area contributed by atoms with E-state index in [2.05, 4.69) is 31.0 Å². The summed E-state index contributed by atoms with van der Waals surface area (Å²) in [5, 5.41) is 0. The van der Waals surface area contributed by atoms with Crippen LogP contribution in [0.3, 0.4) is 0 Å². The third kappa shape index (κ3) is 2.66. The smallest absolute Gasteiger partial charge is 0.306 e. The Hall–Kier alpha value is -1.35. The van der Waals surface area contributed by atoms with Gasteiger partial charge in [0, 0.05) is 19.4 Å². The van der Waals surface area contributed by atoms with Crippen molar-refractivity contribution in [2.75, 3.05) is 13.6 Å². The van der Waals surface area contributed by atoms with Crippen molar-refractivity contribution >= 4 is 5.97 Å². The number of nitrogens with zero attached hydrogens (tertiary/aromatic N) is 1. The van der Waals surface area contributed by atoms with Crippen molar-refractivity contribution in [2.24, 2.45) is 0 Å². The van der Waals surface area contributed by atoms with Gasteiger partial charge in [0.1, 0.15) is 0 Å². The molecule has 2 atom stereocenters. The number of carbonyl (C=O) groups excluding carboxylic acids is 1. The maximum absolute atomic E-state index is 12.0. The normalized spacial score (nSPS) is 27.4. The van der Waals surface area contributed by atoms with Gasteiger partial charge in [-0.05, 0) is 26.0 Å². The summed E-state index contributed by atoms with van der Waals surface area (Å²) in [5.74, 6) is -0.0893. The van der Waals surface area contributed by atoms with Crippen LogP contribution in [-0.2, 0) is 15.1 Å². The Morgan fingerprint density at radius 2 is 2.11 bits per heavy atom. The Kier molecular flexibility index (Phi) is 4.25. The number of carbonyl (C=O) groups is 1. The summed E-state index contributed by atoms with van der Waals surface area (Å²) in [6, 6.07) is 10.3. The molecule has 0 spiro atoms. The Labute approximate surface area is 115 Å². The Morgan fingerprint density at radius 1 is 1.42 bits per heavy atom. The van der Waals surface area contributed by atoms with Gasteiger partial charge in [0.15, 0.2) is 5.60 Å². The van der Waals surface area contributed by atoms with E-state index < -0.39 is 5.60 Å². The van der Waals surface area contributed by atoms with Gasteiger partial charge in [-0.2, -0.15) is 0 Å². The zero-order chi connectivity index (χ0) is 13.9. The van der Waals surface area contributed by atoms with Gasteiger partial charge in [-0.25, -0.2) is 0 Å². The Balaban J connectivity index is 2.32. The van der Waals surface area contributed by atoms with Gasteiger partial charge in [0.25, 0.3) is 0 Å². The summed E-state index contributed by atoms with van der Waals surface area (Å²) in [6.45, 7) is 5.09. The van der Waals surface area contributed by atoms with Crippen LogP contribution in [0.4, 0.5) is 0 Å². The fourth-order valence-electron chi connectivity index (χ4n) is 2.86. The summed E-state index contributed by atoms with van der Waals surface area (Å²) in [6.07, 6.45) is 2.18. The molecule has 0 aromatic heterocycles. The van der Waals surface area contributed by atoms with Crippen LogP contribution >= 0.6 is 0 Å². The first-order valence-electron chi connectivity index (χ1n) is 7.07. The molecule has 0 unspecified atom stereocenters. The highest BCUT2D eigenvalue weighted by molar-refractivity contribution is 5.70. The van der Waals surface area contributed by atoms with Crippen LogP contribution in [-0.4, -0.2) is 30.5 Å². The second kappa shape index (κ2) is 5.74. The lowest BCUT2D eigenvalue weighted by molar-refractivity contribution is -0.163. The number of hydrogen-bond donors (Lipinski definition) is 0. The molecule has 0 saturated carbocycles. The second-order valence-electron chi connectivity index (χ2n) is 5.39. The molecule has 1 fully saturated rings. The van der Waals surface area contributed by atoms with Gasteiger partial charge >= 0.3 is 5.97 Å². The monoisotopic (exact) mass is 261 g/mol. The van der Waals surface area contributed by atoms with Crippen molar-refractivity contribution in [3.63, 3.8) is 0 Å². The molecular weight excluding hydrogens is 238 g/mol. The van der Waals surface area contributed by atoms with Gasteiger partial charge in [-0.3, -0.25) is 9.69 Å². The standard InChI is InChI=1S/C16H23NO2/c1-4-8-15(18)19-16(11-12-17(3)13(16)2)14-9-6-5-7-10-14/h5-7,9-10,13H,4,8,11-12H2,1-3H3/t13-,16+/m1/s1. The Bertz CT molecular complexity index is 432. The van der Waals surface area contributed by atoms with Gasteiger partial charge in [0.2, 0.25) is 0 Å². The lowest BCUT2D eigenvalue weighted by Gasteiger charge is -2.35. The van der Waals surface area contributed by atoms with Crippen molar-refractivity contribution in [3.05, 3.63) is 35.9 Å². The first-order valence-corrected chi connectivity index (χ1v) is 7.07. The lowest BCUT2D eigenvalue weighted by atomic mass is 9.87. The number of likely N-dealkylation sites (N-methyl/N-ethyl adjacent to an activating group) is 1. The van der Waals surface area contributed by atoms with Crippen molar-refractivity contribution < 1.29 is 9.53 Å². The minimum atomic E-state index is -0.484. The van der Waals surface area contributed by atoms with E-state index in [4.69, 9.17) is 4.74 Å². The highest BCUT2D eigenvalue weighted by Gasteiger charge is 2.48.